The van der Waals surface area contributed by atoms with Crippen LogP contribution in [-0.4, -0.2) is 34.9 Å². The van der Waals surface area contributed by atoms with Crippen LogP contribution in [0.1, 0.15) is 34.8 Å². The van der Waals surface area contributed by atoms with Gasteiger partial charge in [-0.05, 0) is 32.4 Å². The fourth-order valence-electron chi connectivity index (χ4n) is 1.86. The molecule has 0 radical (unpaired) electrons. The Hall–Kier alpha value is -1.39. The van der Waals surface area contributed by atoms with Crippen LogP contribution < -0.4 is 5.32 Å². The predicted molar refractivity (Wildman–Crippen MR) is 70.6 cm³/mol. The van der Waals surface area contributed by atoms with Crippen LogP contribution in [0.15, 0.2) is 18.2 Å². The monoisotopic (exact) mass is 251 g/mol. The van der Waals surface area contributed by atoms with Crippen LogP contribution in [0, 0.1) is 13.8 Å². The molecule has 3 N–H and O–H groups in total. The summed E-state index contributed by atoms with van der Waals surface area (Å²) < 4.78 is 0. The molecule has 0 aromatic heterocycles. The number of amides is 1. The van der Waals surface area contributed by atoms with Crippen molar-refractivity contribution in [3.05, 3.63) is 34.9 Å². The van der Waals surface area contributed by atoms with E-state index in [9.17, 15) is 15.0 Å². The first-order valence-electron chi connectivity index (χ1n) is 6.09. The van der Waals surface area contributed by atoms with Crippen LogP contribution in [0.2, 0.25) is 0 Å². The third-order valence-electron chi connectivity index (χ3n) is 3.14. The molecule has 0 fully saturated rings. The van der Waals surface area contributed by atoms with Crippen LogP contribution in [0.4, 0.5) is 0 Å². The SMILES string of the molecule is CCC(CO)(CO)NC(=O)c1cc(C)cc(C)c1. The molecule has 1 aromatic carbocycles. The van der Waals surface area contributed by atoms with E-state index in [2.05, 4.69) is 5.32 Å². The summed E-state index contributed by atoms with van der Waals surface area (Å²) in [4.78, 5) is 12.1. The lowest BCUT2D eigenvalue weighted by molar-refractivity contribution is 0.0653. The van der Waals surface area contributed by atoms with E-state index >= 15 is 0 Å². The number of hydrogen-bond acceptors (Lipinski definition) is 3. The summed E-state index contributed by atoms with van der Waals surface area (Å²) in [5.41, 5.74) is 1.62. The number of carbonyl (C=O) groups is 1. The molecule has 18 heavy (non-hydrogen) atoms. The molecular weight excluding hydrogens is 230 g/mol. The Morgan fingerprint density at radius 2 is 1.67 bits per heavy atom. The molecular formula is C14H21NO3. The second-order valence-electron chi connectivity index (χ2n) is 4.78. The van der Waals surface area contributed by atoms with Crippen molar-refractivity contribution in [1.29, 1.82) is 0 Å². The lowest BCUT2D eigenvalue weighted by Crippen LogP contribution is -2.53. The Kier molecular flexibility index (Phi) is 4.87. The van der Waals surface area contributed by atoms with E-state index in [0.717, 1.165) is 11.1 Å². The Bertz CT molecular complexity index is 397. The molecule has 0 aliphatic rings. The molecule has 0 bridgehead atoms. The van der Waals surface area contributed by atoms with E-state index in [0.29, 0.717) is 12.0 Å². The Balaban J connectivity index is 2.94. The van der Waals surface area contributed by atoms with Gasteiger partial charge in [-0.15, -0.1) is 0 Å². The van der Waals surface area contributed by atoms with Gasteiger partial charge in [0.25, 0.3) is 5.91 Å². The maximum atomic E-state index is 12.1. The molecule has 1 rings (SSSR count). The highest BCUT2D eigenvalue weighted by Gasteiger charge is 2.28. The number of aliphatic hydroxyl groups is 2. The van der Waals surface area contributed by atoms with Crippen molar-refractivity contribution in [3.8, 4) is 0 Å². The summed E-state index contributed by atoms with van der Waals surface area (Å²) in [6.45, 7) is 5.10. The maximum absolute atomic E-state index is 12.1. The average molecular weight is 251 g/mol. The number of carbonyl (C=O) groups excluding carboxylic acids is 1. The zero-order valence-electron chi connectivity index (χ0n) is 11.2. The van der Waals surface area contributed by atoms with Crippen molar-refractivity contribution in [2.45, 2.75) is 32.7 Å². The third kappa shape index (κ3) is 3.31. The summed E-state index contributed by atoms with van der Waals surface area (Å²) in [7, 11) is 0. The van der Waals surface area contributed by atoms with Gasteiger partial charge < -0.3 is 15.5 Å². The first-order chi connectivity index (χ1) is 8.46. The van der Waals surface area contributed by atoms with Gasteiger partial charge in [0.15, 0.2) is 0 Å². The van der Waals surface area contributed by atoms with Crippen molar-refractivity contribution in [1.82, 2.24) is 5.32 Å². The molecule has 1 aromatic rings. The topological polar surface area (TPSA) is 69.6 Å². The van der Waals surface area contributed by atoms with Crippen molar-refractivity contribution in [3.63, 3.8) is 0 Å². The lowest BCUT2D eigenvalue weighted by atomic mass is 9.97. The van der Waals surface area contributed by atoms with Gasteiger partial charge in [0.05, 0.1) is 18.8 Å². The summed E-state index contributed by atoms with van der Waals surface area (Å²) in [5.74, 6) is -0.272. The van der Waals surface area contributed by atoms with Crippen LogP contribution in [0.25, 0.3) is 0 Å². The van der Waals surface area contributed by atoms with E-state index in [1.54, 1.807) is 12.1 Å². The predicted octanol–water partition coefficient (Wildman–Crippen LogP) is 1.17. The number of benzene rings is 1. The van der Waals surface area contributed by atoms with E-state index in [1.807, 2.05) is 26.8 Å². The summed E-state index contributed by atoms with van der Waals surface area (Å²) in [6.07, 6.45) is 0.469. The van der Waals surface area contributed by atoms with Crippen LogP contribution in [0.5, 0.6) is 0 Å². The molecule has 0 aliphatic heterocycles. The van der Waals surface area contributed by atoms with E-state index < -0.39 is 5.54 Å². The van der Waals surface area contributed by atoms with Gasteiger partial charge in [0, 0.05) is 5.56 Å². The fraction of sp³-hybridized carbons (Fsp3) is 0.500. The summed E-state index contributed by atoms with van der Waals surface area (Å²) in [5, 5.41) is 21.3. The molecule has 0 aliphatic carbocycles. The molecule has 0 saturated carbocycles. The van der Waals surface area contributed by atoms with Crippen molar-refractivity contribution in [2.75, 3.05) is 13.2 Å². The molecule has 0 heterocycles. The molecule has 4 heteroatoms. The minimum Gasteiger partial charge on any atom is -0.394 e. The Labute approximate surface area is 108 Å². The molecule has 100 valence electrons. The number of rotatable bonds is 5. The highest BCUT2D eigenvalue weighted by molar-refractivity contribution is 5.95. The van der Waals surface area contributed by atoms with Crippen molar-refractivity contribution >= 4 is 5.91 Å². The zero-order chi connectivity index (χ0) is 13.8. The maximum Gasteiger partial charge on any atom is 0.251 e. The van der Waals surface area contributed by atoms with Gasteiger partial charge in [-0.1, -0.05) is 24.1 Å². The first kappa shape index (κ1) is 14.7. The normalized spacial score (nSPS) is 11.4. The molecule has 4 nitrogen and oxygen atoms in total. The Morgan fingerprint density at radius 3 is 2.06 bits per heavy atom. The quantitative estimate of drug-likeness (QED) is 0.735. The largest absolute Gasteiger partial charge is 0.394 e. The molecule has 0 atom stereocenters. The van der Waals surface area contributed by atoms with Crippen LogP contribution >= 0.6 is 0 Å². The van der Waals surface area contributed by atoms with E-state index in [1.165, 1.54) is 0 Å². The second-order valence-corrected chi connectivity index (χ2v) is 4.78. The van der Waals surface area contributed by atoms with Gasteiger partial charge in [-0.3, -0.25) is 4.79 Å². The summed E-state index contributed by atoms with van der Waals surface area (Å²) >= 11 is 0. The number of aliphatic hydroxyl groups excluding tert-OH is 2. The van der Waals surface area contributed by atoms with Crippen molar-refractivity contribution in [2.24, 2.45) is 0 Å². The van der Waals surface area contributed by atoms with Gasteiger partial charge in [0.2, 0.25) is 0 Å². The highest BCUT2D eigenvalue weighted by atomic mass is 16.3. The Morgan fingerprint density at radius 1 is 1.17 bits per heavy atom. The fourth-order valence-corrected chi connectivity index (χ4v) is 1.86. The van der Waals surface area contributed by atoms with E-state index in [4.69, 9.17) is 0 Å². The number of aryl methyl sites for hydroxylation is 2. The van der Waals surface area contributed by atoms with Gasteiger partial charge >= 0.3 is 0 Å². The molecule has 1 amide bonds. The average Bonchev–Trinajstić information content (AvgIpc) is 2.35. The summed E-state index contributed by atoms with van der Waals surface area (Å²) in [6, 6.07) is 5.57. The van der Waals surface area contributed by atoms with Crippen molar-refractivity contribution < 1.29 is 15.0 Å². The van der Waals surface area contributed by atoms with Gasteiger partial charge in [-0.2, -0.15) is 0 Å². The molecule has 0 spiro atoms. The van der Waals surface area contributed by atoms with Gasteiger partial charge in [0.1, 0.15) is 0 Å². The van der Waals surface area contributed by atoms with Gasteiger partial charge in [-0.25, -0.2) is 0 Å². The smallest absolute Gasteiger partial charge is 0.251 e. The zero-order valence-corrected chi connectivity index (χ0v) is 11.2. The standard InChI is InChI=1S/C14H21NO3/c1-4-14(8-16,9-17)15-13(18)12-6-10(2)5-11(3)7-12/h5-7,16-17H,4,8-9H2,1-3H3,(H,15,18). The third-order valence-corrected chi connectivity index (χ3v) is 3.14. The second kappa shape index (κ2) is 5.98. The molecule has 0 unspecified atom stereocenters. The number of nitrogens with one attached hydrogen (secondary N) is 1. The minimum atomic E-state index is -0.950. The minimum absolute atomic E-state index is 0.272. The molecule has 0 saturated heterocycles. The lowest BCUT2D eigenvalue weighted by Gasteiger charge is -2.29. The van der Waals surface area contributed by atoms with Crippen LogP contribution in [-0.2, 0) is 0 Å². The van der Waals surface area contributed by atoms with E-state index in [-0.39, 0.29) is 19.1 Å². The van der Waals surface area contributed by atoms with Crippen LogP contribution in [0.3, 0.4) is 0 Å². The number of hydrogen-bond donors (Lipinski definition) is 3. The first-order valence-corrected chi connectivity index (χ1v) is 6.09. The highest BCUT2D eigenvalue weighted by Crippen LogP contribution is 2.13.